The predicted octanol–water partition coefficient (Wildman–Crippen LogP) is 7.88. The number of phosphoric ester groups is 1. The Hall–Kier alpha value is -1.55. The Morgan fingerprint density at radius 1 is 0.667 bits per heavy atom. The number of carbonyl (C=O) groups is 2. The molecule has 0 bridgehead atoms. The van der Waals surface area contributed by atoms with Crippen LogP contribution in [0.1, 0.15) is 142 Å². The van der Waals surface area contributed by atoms with Crippen molar-refractivity contribution in [1.82, 2.24) is 0 Å². The molecule has 0 spiro atoms. The molecular formula is C34H63O10P. The Kier molecular flexibility index (Phi) is 30.0. The topological polar surface area (TPSA) is 149 Å². The van der Waals surface area contributed by atoms with Gasteiger partial charge in [-0.15, -0.1) is 0 Å². The maximum absolute atomic E-state index is 12.4. The summed E-state index contributed by atoms with van der Waals surface area (Å²) in [4.78, 5) is 34.6. The molecule has 0 fully saturated rings. The Balaban J connectivity index is 4.52. The molecule has 0 amide bonds. The van der Waals surface area contributed by atoms with Gasteiger partial charge in [-0.1, -0.05) is 122 Å². The van der Waals surface area contributed by atoms with Gasteiger partial charge in [0.1, 0.15) is 12.7 Å². The number of unbranched alkanes of at least 4 members (excludes halogenated alkanes) is 14. The van der Waals surface area contributed by atoms with Crippen molar-refractivity contribution >= 4 is 19.8 Å². The second-order valence-corrected chi connectivity index (χ2v) is 13.0. The molecule has 0 aromatic rings. The lowest BCUT2D eigenvalue weighted by Crippen LogP contribution is -2.29. The number of rotatable bonds is 32. The van der Waals surface area contributed by atoms with Gasteiger partial charge >= 0.3 is 19.8 Å². The lowest BCUT2D eigenvalue weighted by Gasteiger charge is -2.20. The smallest absolute Gasteiger partial charge is 0.462 e. The highest BCUT2D eigenvalue weighted by atomic mass is 31.2. The summed E-state index contributed by atoms with van der Waals surface area (Å²) < 4.78 is 32.3. The van der Waals surface area contributed by atoms with Crippen molar-refractivity contribution < 1.29 is 47.8 Å². The first kappa shape index (κ1) is 43.5. The lowest BCUT2D eigenvalue weighted by molar-refractivity contribution is -0.161. The molecule has 10 nitrogen and oxygen atoms in total. The Morgan fingerprint density at radius 2 is 1.20 bits per heavy atom. The molecule has 0 aromatic carbocycles. The van der Waals surface area contributed by atoms with Gasteiger partial charge in [0, 0.05) is 12.8 Å². The van der Waals surface area contributed by atoms with Crippen molar-refractivity contribution in [3.05, 3.63) is 24.3 Å². The van der Waals surface area contributed by atoms with Crippen LogP contribution in [0.3, 0.4) is 0 Å². The van der Waals surface area contributed by atoms with E-state index in [9.17, 15) is 24.2 Å². The Bertz CT molecular complexity index is 817. The fourth-order valence-corrected chi connectivity index (χ4v) is 5.19. The summed E-state index contributed by atoms with van der Waals surface area (Å²) in [5.41, 5.74) is 0. The van der Waals surface area contributed by atoms with Crippen LogP contribution in [0, 0.1) is 0 Å². The first-order chi connectivity index (χ1) is 21.7. The van der Waals surface area contributed by atoms with Crippen LogP contribution < -0.4 is 0 Å². The van der Waals surface area contributed by atoms with Crippen LogP contribution in [0.5, 0.6) is 0 Å². The molecule has 0 aliphatic carbocycles. The number of hydrogen-bond donors (Lipinski definition) is 3. The van der Waals surface area contributed by atoms with Gasteiger partial charge in [0.2, 0.25) is 0 Å². The summed E-state index contributed by atoms with van der Waals surface area (Å²) in [6.45, 7) is 2.25. The number of allylic oxidation sites excluding steroid dienone is 4. The highest BCUT2D eigenvalue weighted by Crippen LogP contribution is 2.43. The molecule has 45 heavy (non-hydrogen) atoms. The highest BCUT2D eigenvalue weighted by Gasteiger charge is 2.27. The molecule has 0 aromatic heterocycles. The van der Waals surface area contributed by atoms with Crippen molar-refractivity contribution in [3.8, 4) is 0 Å². The van der Waals surface area contributed by atoms with E-state index in [0.717, 1.165) is 32.1 Å². The predicted molar refractivity (Wildman–Crippen MR) is 178 cm³/mol. The van der Waals surface area contributed by atoms with E-state index in [-0.39, 0.29) is 19.4 Å². The monoisotopic (exact) mass is 662 g/mol. The third-order valence-corrected chi connectivity index (χ3v) is 8.07. The summed E-state index contributed by atoms with van der Waals surface area (Å²) in [7, 11) is -4.61. The van der Waals surface area contributed by atoms with Crippen molar-refractivity contribution in [2.75, 3.05) is 26.4 Å². The van der Waals surface area contributed by atoms with Crippen LogP contribution in [0.25, 0.3) is 0 Å². The van der Waals surface area contributed by atoms with Crippen LogP contribution in [-0.2, 0) is 32.7 Å². The van der Waals surface area contributed by atoms with E-state index in [1.54, 1.807) is 0 Å². The number of ether oxygens (including phenoxy) is 2. The van der Waals surface area contributed by atoms with Crippen LogP contribution in [-0.4, -0.2) is 65.7 Å². The van der Waals surface area contributed by atoms with Crippen LogP contribution in [0.2, 0.25) is 0 Å². The number of phosphoric acid groups is 1. The van der Waals surface area contributed by atoms with E-state index < -0.39 is 51.8 Å². The molecule has 3 atom stereocenters. The third-order valence-electron chi connectivity index (χ3n) is 7.12. The summed E-state index contributed by atoms with van der Waals surface area (Å²) in [6, 6.07) is 0. The van der Waals surface area contributed by atoms with Gasteiger partial charge < -0.3 is 24.6 Å². The summed E-state index contributed by atoms with van der Waals surface area (Å²) >= 11 is 0. The van der Waals surface area contributed by atoms with Crippen molar-refractivity contribution in [2.24, 2.45) is 0 Å². The Labute approximate surface area is 272 Å². The average molecular weight is 663 g/mol. The fraction of sp³-hybridized carbons (Fsp3) is 0.824. The van der Waals surface area contributed by atoms with Crippen LogP contribution in [0.15, 0.2) is 24.3 Å². The second kappa shape index (κ2) is 31.1. The van der Waals surface area contributed by atoms with Gasteiger partial charge in [-0.3, -0.25) is 18.6 Å². The first-order valence-electron chi connectivity index (χ1n) is 17.3. The molecule has 0 rings (SSSR count). The number of aliphatic hydroxyl groups excluding tert-OH is 2. The van der Waals surface area contributed by atoms with E-state index >= 15 is 0 Å². The SMILES string of the molecule is CCCCCCCC/C=C/C/C=C/CCC(=O)OC(COC(=O)CCCCCCCCCCC)COP(=O)(O)OC[C@@H](O)CO. The molecule has 0 saturated carbocycles. The molecule has 0 aliphatic rings. The number of carbonyl (C=O) groups excluding carboxylic acids is 2. The van der Waals surface area contributed by atoms with E-state index in [0.29, 0.717) is 12.8 Å². The minimum absolute atomic E-state index is 0.0802. The summed E-state index contributed by atoms with van der Waals surface area (Å²) in [5.74, 6) is -1.01. The lowest BCUT2D eigenvalue weighted by atomic mass is 10.1. The standard InChI is InChI=1S/C34H63O10P/c1-3-5-7-9-11-13-14-15-16-18-20-22-24-26-34(38)44-32(30-43-45(39,40)42-28-31(36)27-35)29-41-33(37)25-23-21-19-17-12-10-8-6-4-2/h15-16,20,22,31-32,35-36H,3-14,17-19,21,23-30H2,1-2H3,(H,39,40)/b16-15+,22-20+/t31-,32?/m0/s1. The second-order valence-electron chi connectivity index (χ2n) is 11.5. The quantitative estimate of drug-likeness (QED) is 0.0281. The maximum Gasteiger partial charge on any atom is 0.472 e. The molecule has 11 heteroatoms. The van der Waals surface area contributed by atoms with Crippen molar-refractivity contribution in [1.29, 1.82) is 0 Å². The van der Waals surface area contributed by atoms with Gasteiger partial charge in [-0.25, -0.2) is 4.57 Å². The normalized spacial score (nSPS) is 14.5. The minimum Gasteiger partial charge on any atom is -0.462 e. The van der Waals surface area contributed by atoms with Gasteiger partial charge in [0.05, 0.1) is 19.8 Å². The van der Waals surface area contributed by atoms with Gasteiger partial charge in [-0.05, 0) is 32.1 Å². The van der Waals surface area contributed by atoms with E-state index in [4.69, 9.17) is 19.1 Å². The summed E-state index contributed by atoms with van der Waals surface area (Å²) in [6.07, 6.45) is 26.1. The van der Waals surface area contributed by atoms with Crippen LogP contribution in [0.4, 0.5) is 0 Å². The average Bonchev–Trinajstić information content (AvgIpc) is 3.02. The molecule has 2 unspecified atom stereocenters. The fourth-order valence-electron chi connectivity index (χ4n) is 4.40. The third kappa shape index (κ3) is 30.8. The van der Waals surface area contributed by atoms with Crippen LogP contribution >= 0.6 is 7.82 Å². The minimum atomic E-state index is -4.61. The molecule has 3 N–H and O–H groups in total. The molecule has 0 heterocycles. The number of esters is 2. The van der Waals surface area contributed by atoms with E-state index in [1.807, 2.05) is 12.2 Å². The molecule has 0 aliphatic heterocycles. The molecule has 0 saturated heterocycles. The zero-order chi connectivity index (χ0) is 33.4. The zero-order valence-electron chi connectivity index (χ0n) is 28.1. The van der Waals surface area contributed by atoms with Gasteiger partial charge in [-0.2, -0.15) is 0 Å². The summed E-state index contributed by atoms with van der Waals surface area (Å²) in [5, 5.41) is 18.2. The molecular weight excluding hydrogens is 599 g/mol. The zero-order valence-corrected chi connectivity index (χ0v) is 29.0. The molecule has 264 valence electrons. The van der Waals surface area contributed by atoms with E-state index in [2.05, 4.69) is 30.5 Å². The Morgan fingerprint density at radius 3 is 1.80 bits per heavy atom. The largest absolute Gasteiger partial charge is 0.472 e. The van der Waals surface area contributed by atoms with Gasteiger partial charge in [0.25, 0.3) is 0 Å². The van der Waals surface area contributed by atoms with Crippen molar-refractivity contribution in [3.63, 3.8) is 0 Å². The van der Waals surface area contributed by atoms with E-state index in [1.165, 1.54) is 70.6 Å². The number of aliphatic hydroxyl groups is 2. The highest BCUT2D eigenvalue weighted by molar-refractivity contribution is 7.47. The molecule has 0 radical (unpaired) electrons. The maximum atomic E-state index is 12.4. The van der Waals surface area contributed by atoms with Gasteiger partial charge in [0.15, 0.2) is 6.10 Å². The van der Waals surface area contributed by atoms with Crippen molar-refractivity contribution in [2.45, 2.75) is 154 Å². The first-order valence-corrected chi connectivity index (χ1v) is 18.8. The number of hydrogen-bond acceptors (Lipinski definition) is 9.